The molecule has 2 rings (SSSR count). The summed E-state index contributed by atoms with van der Waals surface area (Å²) in [5, 5.41) is 0. The van der Waals surface area contributed by atoms with Gasteiger partial charge in [0, 0.05) is 6.54 Å². The Balaban J connectivity index is 2.16. The number of benzene rings is 1. The Kier molecular flexibility index (Phi) is 2.67. The van der Waals surface area contributed by atoms with E-state index in [2.05, 4.69) is 11.6 Å². The molecule has 0 aromatic heterocycles. The van der Waals surface area contributed by atoms with Gasteiger partial charge in [-0.15, -0.1) is 0 Å². The van der Waals surface area contributed by atoms with E-state index in [0.717, 1.165) is 12.8 Å². The molecule has 88 valence electrons. The third kappa shape index (κ3) is 2.36. The first-order chi connectivity index (χ1) is 7.43. The van der Waals surface area contributed by atoms with E-state index in [0.29, 0.717) is 6.54 Å². The van der Waals surface area contributed by atoms with E-state index in [1.54, 1.807) is 18.2 Å². The standard InChI is InChI=1S/C11H16N2O2S/c1-11(6-7-11)8-13-16(14,15)10-5-3-2-4-9(10)12/h2-5,13H,6-8,12H2,1H3. The summed E-state index contributed by atoms with van der Waals surface area (Å²) in [6, 6.07) is 6.50. The zero-order valence-corrected chi connectivity index (χ0v) is 10.0. The van der Waals surface area contributed by atoms with Crippen LogP contribution in [0.15, 0.2) is 29.2 Å². The summed E-state index contributed by atoms with van der Waals surface area (Å²) in [5.41, 5.74) is 6.08. The van der Waals surface area contributed by atoms with Crippen LogP contribution in [0.4, 0.5) is 5.69 Å². The Labute approximate surface area is 95.9 Å². The number of rotatable bonds is 4. The zero-order valence-electron chi connectivity index (χ0n) is 9.23. The molecule has 1 aromatic rings. The number of nitrogen functional groups attached to an aromatic ring is 1. The molecule has 0 unspecified atom stereocenters. The fraction of sp³-hybridized carbons (Fsp3) is 0.455. The molecule has 0 spiro atoms. The van der Waals surface area contributed by atoms with Crippen LogP contribution >= 0.6 is 0 Å². The summed E-state index contributed by atoms with van der Waals surface area (Å²) in [4.78, 5) is 0.166. The van der Waals surface area contributed by atoms with E-state index in [-0.39, 0.29) is 16.0 Å². The van der Waals surface area contributed by atoms with E-state index < -0.39 is 10.0 Å². The second-order valence-corrected chi connectivity index (χ2v) is 6.41. The number of para-hydroxylation sites is 1. The maximum Gasteiger partial charge on any atom is 0.242 e. The Morgan fingerprint density at radius 3 is 2.56 bits per heavy atom. The van der Waals surface area contributed by atoms with Crippen molar-refractivity contribution >= 4 is 15.7 Å². The number of nitrogens with two attached hydrogens (primary N) is 1. The molecule has 1 aromatic carbocycles. The molecular weight excluding hydrogens is 224 g/mol. The lowest BCUT2D eigenvalue weighted by Gasteiger charge is -2.12. The van der Waals surface area contributed by atoms with Crippen LogP contribution in [0, 0.1) is 5.41 Å². The zero-order chi connectivity index (χ0) is 11.8. The highest BCUT2D eigenvalue weighted by atomic mass is 32.2. The molecule has 5 heteroatoms. The highest BCUT2D eigenvalue weighted by Crippen LogP contribution is 2.44. The van der Waals surface area contributed by atoms with Gasteiger partial charge >= 0.3 is 0 Å². The van der Waals surface area contributed by atoms with Crippen LogP contribution < -0.4 is 10.5 Å². The Bertz CT molecular complexity index is 492. The molecule has 0 bridgehead atoms. The minimum atomic E-state index is -3.46. The smallest absolute Gasteiger partial charge is 0.242 e. The van der Waals surface area contributed by atoms with Crippen LogP contribution in [-0.2, 0) is 10.0 Å². The lowest BCUT2D eigenvalue weighted by Crippen LogP contribution is -2.29. The molecule has 3 N–H and O–H groups in total. The van der Waals surface area contributed by atoms with Gasteiger partial charge in [-0.1, -0.05) is 19.1 Å². The first kappa shape index (κ1) is 11.4. The van der Waals surface area contributed by atoms with E-state index in [9.17, 15) is 8.42 Å². The van der Waals surface area contributed by atoms with Gasteiger partial charge in [0.15, 0.2) is 0 Å². The predicted octanol–water partition coefficient (Wildman–Crippen LogP) is 1.35. The van der Waals surface area contributed by atoms with Gasteiger partial charge in [-0.2, -0.15) is 0 Å². The highest BCUT2D eigenvalue weighted by molar-refractivity contribution is 7.89. The normalized spacial score (nSPS) is 18.3. The van der Waals surface area contributed by atoms with Gasteiger partial charge in [0.05, 0.1) is 5.69 Å². The number of sulfonamides is 1. The molecule has 0 heterocycles. The Hall–Kier alpha value is -1.07. The van der Waals surface area contributed by atoms with Gasteiger partial charge in [-0.25, -0.2) is 13.1 Å². The molecule has 0 aliphatic heterocycles. The van der Waals surface area contributed by atoms with Crippen LogP contribution in [0.1, 0.15) is 19.8 Å². The summed E-state index contributed by atoms with van der Waals surface area (Å²) in [6.45, 7) is 2.56. The van der Waals surface area contributed by atoms with Gasteiger partial charge in [0.1, 0.15) is 4.90 Å². The van der Waals surface area contributed by atoms with Gasteiger partial charge in [-0.3, -0.25) is 0 Å². The first-order valence-electron chi connectivity index (χ1n) is 5.27. The molecule has 0 amide bonds. The first-order valence-corrected chi connectivity index (χ1v) is 6.75. The largest absolute Gasteiger partial charge is 0.398 e. The van der Waals surface area contributed by atoms with E-state index in [1.807, 2.05) is 0 Å². The minimum absolute atomic E-state index is 0.149. The van der Waals surface area contributed by atoms with Crippen LogP contribution in [-0.4, -0.2) is 15.0 Å². The van der Waals surface area contributed by atoms with E-state index >= 15 is 0 Å². The van der Waals surface area contributed by atoms with Crippen LogP contribution in [0.5, 0.6) is 0 Å². The highest BCUT2D eigenvalue weighted by Gasteiger charge is 2.38. The summed E-state index contributed by atoms with van der Waals surface area (Å²) in [5.74, 6) is 0. The van der Waals surface area contributed by atoms with E-state index in [1.165, 1.54) is 6.07 Å². The van der Waals surface area contributed by atoms with Gasteiger partial charge in [-0.05, 0) is 30.4 Å². The molecule has 0 atom stereocenters. The van der Waals surface area contributed by atoms with Crippen molar-refractivity contribution in [3.05, 3.63) is 24.3 Å². The summed E-state index contributed by atoms with van der Waals surface area (Å²) >= 11 is 0. The maximum atomic E-state index is 11.9. The Morgan fingerprint density at radius 1 is 1.38 bits per heavy atom. The van der Waals surface area contributed by atoms with Gasteiger partial charge in [0.2, 0.25) is 10.0 Å². The SMILES string of the molecule is CC1(CNS(=O)(=O)c2ccccc2N)CC1. The van der Waals surface area contributed by atoms with Gasteiger partial charge < -0.3 is 5.73 Å². The molecule has 1 fully saturated rings. The minimum Gasteiger partial charge on any atom is -0.398 e. The van der Waals surface area contributed by atoms with Gasteiger partial charge in [0.25, 0.3) is 0 Å². The predicted molar refractivity (Wildman–Crippen MR) is 63.4 cm³/mol. The topological polar surface area (TPSA) is 72.2 Å². The Morgan fingerprint density at radius 2 is 2.00 bits per heavy atom. The summed E-state index contributed by atoms with van der Waals surface area (Å²) < 4.78 is 26.5. The lowest BCUT2D eigenvalue weighted by atomic mass is 10.2. The lowest BCUT2D eigenvalue weighted by molar-refractivity contribution is 0.530. The average Bonchev–Trinajstić information content (AvgIpc) is 2.95. The number of nitrogens with one attached hydrogen (secondary N) is 1. The van der Waals surface area contributed by atoms with Crippen molar-refractivity contribution in [3.8, 4) is 0 Å². The third-order valence-electron chi connectivity index (χ3n) is 3.00. The second kappa shape index (κ2) is 3.75. The van der Waals surface area contributed by atoms with Crippen molar-refractivity contribution in [1.82, 2.24) is 4.72 Å². The summed E-state index contributed by atoms with van der Waals surface area (Å²) in [6.07, 6.45) is 2.17. The van der Waals surface area contributed by atoms with Crippen molar-refractivity contribution in [2.75, 3.05) is 12.3 Å². The van der Waals surface area contributed by atoms with Crippen LogP contribution in [0.3, 0.4) is 0 Å². The van der Waals surface area contributed by atoms with Crippen molar-refractivity contribution in [2.24, 2.45) is 5.41 Å². The van der Waals surface area contributed by atoms with Crippen LogP contribution in [0.25, 0.3) is 0 Å². The van der Waals surface area contributed by atoms with Crippen LogP contribution in [0.2, 0.25) is 0 Å². The monoisotopic (exact) mass is 240 g/mol. The molecule has 1 saturated carbocycles. The van der Waals surface area contributed by atoms with Crippen molar-refractivity contribution in [2.45, 2.75) is 24.7 Å². The molecule has 1 aliphatic rings. The summed E-state index contributed by atoms with van der Waals surface area (Å²) in [7, 11) is -3.46. The van der Waals surface area contributed by atoms with Crippen molar-refractivity contribution in [1.29, 1.82) is 0 Å². The molecular formula is C11H16N2O2S. The third-order valence-corrected chi connectivity index (χ3v) is 4.48. The number of anilines is 1. The fourth-order valence-electron chi connectivity index (χ4n) is 1.46. The second-order valence-electron chi connectivity index (χ2n) is 4.67. The maximum absolute atomic E-state index is 11.9. The molecule has 0 saturated heterocycles. The number of hydrogen-bond acceptors (Lipinski definition) is 3. The molecule has 4 nitrogen and oxygen atoms in total. The van der Waals surface area contributed by atoms with Crippen molar-refractivity contribution < 1.29 is 8.42 Å². The van der Waals surface area contributed by atoms with Crippen molar-refractivity contribution in [3.63, 3.8) is 0 Å². The van der Waals surface area contributed by atoms with E-state index in [4.69, 9.17) is 5.73 Å². The molecule has 16 heavy (non-hydrogen) atoms. The average molecular weight is 240 g/mol. The fourth-order valence-corrected chi connectivity index (χ4v) is 2.79. The number of hydrogen-bond donors (Lipinski definition) is 2. The quantitative estimate of drug-likeness (QED) is 0.780. The molecule has 1 aliphatic carbocycles. The molecule has 0 radical (unpaired) electrons.